The Morgan fingerprint density at radius 1 is 1.03 bits per heavy atom. The highest BCUT2D eigenvalue weighted by atomic mass is 35.5. The summed E-state index contributed by atoms with van der Waals surface area (Å²) in [4.78, 5) is 33.9. The van der Waals surface area contributed by atoms with E-state index in [0.29, 0.717) is 42.3 Å². The number of piperazine rings is 1. The number of anilines is 1. The van der Waals surface area contributed by atoms with Crippen LogP contribution in [0, 0.1) is 5.82 Å². The van der Waals surface area contributed by atoms with Crippen molar-refractivity contribution in [1.29, 1.82) is 0 Å². The molecule has 0 radical (unpaired) electrons. The minimum atomic E-state index is -0.404. The van der Waals surface area contributed by atoms with Crippen molar-refractivity contribution in [3.8, 4) is 0 Å². The van der Waals surface area contributed by atoms with E-state index in [1.54, 1.807) is 53.4 Å². The quantitative estimate of drug-likeness (QED) is 0.399. The molecular weight excluding hydrogens is 457 g/mol. The van der Waals surface area contributed by atoms with Crippen LogP contribution in [-0.4, -0.2) is 65.6 Å². The standard InChI is InChI=1S/C25H23ClFN5O2/c26-21-3-1-2-19(16-21)17-29-32(25(34)20-8-10-28-11-9-20)18-24(33)31-14-12-30(13-15-31)23-6-4-22(27)5-7-23/h1-11,16-17H,12-15,18H2/b29-17+. The lowest BCUT2D eigenvalue weighted by Crippen LogP contribution is -2.51. The Bertz CT molecular complexity index is 1170. The number of amides is 2. The van der Waals surface area contributed by atoms with Gasteiger partial charge in [-0.25, -0.2) is 9.40 Å². The highest BCUT2D eigenvalue weighted by Gasteiger charge is 2.25. The predicted octanol–water partition coefficient (Wildman–Crippen LogP) is 3.70. The molecule has 0 unspecified atom stereocenters. The summed E-state index contributed by atoms with van der Waals surface area (Å²) >= 11 is 6.04. The van der Waals surface area contributed by atoms with E-state index >= 15 is 0 Å². The fourth-order valence-electron chi connectivity index (χ4n) is 3.63. The van der Waals surface area contributed by atoms with Crippen LogP contribution in [0.15, 0.2) is 78.2 Å². The summed E-state index contributed by atoms with van der Waals surface area (Å²) in [6, 6.07) is 16.5. The second-order valence-electron chi connectivity index (χ2n) is 7.74. The van der Waals surface area contributed by atoms with E-state index in [0.717, 1.165) is 10.7 Å². The van der Waals surface area contributed by atoms with E-state index < -0.39 is 5.91 Å². The Hall–Kier alpha value is -3.78. The van der Waals surface area contributed by atoms with E-state index in [9.17, 15) is 14.0 Å². The summed E-state index contributed by atoms with van der Waals surface area (Å²) in [5, 5.41) is 6.01. The number of halogens is 2. The third-order valence-electron chi connectivity index (χ3n) is 5.47. The highest BCUT2D eigenvalue weighted by molar-refractivity contribution is 6.30. The SMILES string of the molecule is O=C(CN(/N=C/c1cccc(Cl)c1)C(=O)c1ccncc1)N1CCN(c2ccc(F)cc2)CC1. The summed E-state index contributed by atoms with van der Waals surface area (Å²) in [5.74, 6) is -0.891. The van der Waals surface area contributed by atoms with Crippen LogP contribution in [0.5, 0.6) is 0 Å². The van der Waals surface area contributed by atoms with Crippen LogP contribution in [0.1, 0.15) is 15.9 Å². The topological polar surface area (TPSA) is 69.1 Å². The minimum Gasteiger partial charge on any atom is -0.368 e. The van der Waals surface area contributed by atoms with Crippen LogP contribution in [-0.2, 0) is 4.79 Å². The van der Waals surface area contributed by atoms with Gasteiger partial charge in [-0.3, -0.25) is 14.6 Å². The van der Waals surface area contributed by atoms with Gasteiger partial charge in [0.05, 0.1) is 6.21 Å². The van der Waals surface area contributed by atoms with E-state index in [1.165, 1.54) is 30.7 Å². The summed E-state index contributed by atoms with van der Waals surface area (Å²) < 4.78 is 13.2. The van der Waals surface area contributed by atoms with Crippen molar-refractivity contribution in [2.24, 2.45) is 5.10 Å². The Labute approximate surface area is 202 Å². The molecule has 4 rings (SSSR count). The summed E-state index contributed by atoms with van der Waals surface area (Å²) in [6.07, 6.45) is 4.54. The smallest absolute Gasteiger partial charge is 0.274 e. The zero-order valence-electron chi connectivity index (χ0n) is 18.3. The van der Waals surface area contributed by atoms with Gasteiger partial charge in [0, 0.05) is 54.8 Å². The maximum Gasteiger partial charge on any atom is 0.274 e. The molecule has 1 aromatic heterocycles. The van der Waals surface area contributed by atoms with Gasteiger partial charge in [-0.2, -0.15) is 5.10 Å². The molecule has 0 bridgehead atoms. The molecule has 0 spiro atoms. The average Bonchev–Trinajstić information content (AvgIpc) is 2.87. The molecule has 1 fully saturated rings. The van der Waals surface area contributed by atoms with E-state index in [-0.39, 0.29) is 18.3 Å². The Kier molecular flexibility index (Phi) is 7.49. The minimum absolute atomic E-state index is 0.200. The molecule has 34 heavy (non-hydrogen) atoms. The number of carbonyl (C=O) groups excluding carboxylic acids is 2. The lowest BCUT2D eigenvalue weighted by atomic mass is 10.2. The second kappa shape index (κ2) is 10.9. The van der Waals surface area contributed by atoms with E-state index in [1.807, 2.05) is 0 Å². The second-order valence-corrected chi connectivity index (χ2v) is 8.18. The first-order valence-electron chi connectivity index (χ1n) is 10.8. The zero-order valence-corrected chi connectivity index (χ0v) is 19.1. The van der Waals surface area contributed by atoms with E-state index in [2.05, 4.69) is 15.0 Å². The Morgan fingerprint density at radius 2 is 1.74 bits per heavy atom. The molecule has 0 aliphatic carbocycles. The monoisotopic (exact) mass is 479 g/mol. The van der Waals surface area contributed by atoms with Gasteiger partial charge in [0.15, 0.2) is 0 Å². The summed E-state index contributed by atoms with van der Waals surface area (Å²) in [5.41, 5.74) is 2.00. The number of hydrogen-bond donors (Lipinski definition) is 0. The van der Waals surface area contributed by atoms with Crippen LogP contribution >= 0.6 is 11.6 Å². The van der Waals surface area contributed by atoms with Gasteiger partial charge in [-0.05, 0) is 54.1 Å². The molecule has 1 saturated heterocycles. The van der Waals surface area contributed by atoms with E-state index in [4.69, 9.17) is 11.6 Å². The fraction of sp³-hybridized carbons (Fsp3) is 0.200. The predicted molar refractivity (Wildman–Crippen MR) is 130 cm³/mol. The summed E-state index contributed by atoms with van der Waals surface area (Å²) in [7, 11) is 0. The van der Waals surface area contributed by atoms with Gasteiger partial charge in [0.1, 0.15) is 12.4 Å². The van der Waals surface area contributed by atoms with Crippen LogP contribution < -0.4 is 4.90 Å². The van der Waals surface area contributed by atoms with Crippen molar-refractivity contribution in [3.63, 3.8) is 0 Å². The third-order valence-corrected chi connectivity index (χ3v) is 5.70. The van der Waals surface area contributed by atoms with Crippen LogP contribution in [0.2, 0.25) is 5.02 Å². The molecule has 1 aliphatic heterocycles. The number of aromatic nitrogens is 1. The summed E-state index contributed by atoms with van der Waals surface area (Å²) in [6.45, 7) is 2.01. The molecule has 1 aliphatic rings. The van der Waals surface area contributed by atoms with Gasteiger partial charge < -0.3 is 9.80 Å². The molecule has 3 aromatic rings. The van der Waals surface area contributed by atoms with Crippen LogP contribution in [0.4, 0.5) is 10.1 Å². The molecule has 0 saturated carbocycles. The van der Waals surface area contributed by atoms with Crippen molar-refractivity contribution in [1.82, 2.24) is 14.9 Å². The van der Waals surface area contributed by atoms with Gasteiger partial charge >= 0.3 is 0 Å². The third kappa shape index (κ3) is 5.96. The number of hydrogen-bond acceptors (Lipinski definition) is 5. The van der Waals surface area contributed by atoms with Crippen molar-refractivity contribution in [3.05, 3.63) is 95.0 Å². The Balaban J connectivity index is 1.44. The molecule has 2 heterocycles. The van der Waals surface area contributed by atoms with Gasteiger partial charge in [0.25, 0.3) is 5.91 Å². The molecule has 0 atom stereocenters. The molecule has 7 nitrogen and oxygen atoms in total. The zero-order chi connectivity index (χ0) is 23.9. The first-order chi connectivity index (χ1) is 16.5. The van der Waals surface area contributed by atoms with Crippen LogP contribution in [0.25, 0.3) is 0 Å². The van der Waals surface area contributed by atoms with Crippen molar-refractivity contribution in [2.45, 2.75) is 0 Å². The molecule has 2 aromatic carbocycles. The van der Waals surface area contributed by atoms with Gasteiger partial charge in [-0.15, -0.1) is 0 Å². The van der Waals surface area contributed by atoms with Gasteiger partial charge in [-0.1, -0.05) is 23.7 Å². The number of nitrogens with zero attached hydrogens (tertiary/aromatic N) is 5. The van der Waals surface area contributed by atoms with Crippen molar-refractivity contribution < 1.29 is 14.0 Å². The normalized spacial score (nSPS) is 13.8. The molecule has 174 valence electrons. The maximum atomic E-state index is 13.2. The number of carbonyl (C=O) groups is 2. The Morgan fingerprint density at radius 3 is 2.41 bits per heavy atom. The number of benzene rings is 2. The molecule has 9 heteroatoms. The number of pyridine rings is 1. The van der Waals surface area contributed by atoms with Gasteiger partial charge in [0.2, 0.25) is 5.91 Å². The lowest BCUT2D eigenvalue weighted by Gasteiger charge is -2.36. The van der Waals surface area contributed by atoms with Crippen molar-refractivity contribution >= 4 is 35.3 Å². The average molecular weight is 480 g/mol. The lowest BCUT2D eigenvalue weighted by molar-refractivity contribution is -0.132. The largest absolute Gasteiger partial charge is 0.368 e. The number of rotatable bonds is 6. The molecular formula is C25H23ClFN5O2. The fourth-order valence-corrected chi connectivity index (χ4v) is 3.82. The van der Waals surface area contributed by atoms with Crippen molar-refractivity contribution in [2.75, 3.05) is 37.6 Å². The number of hydrazone groups is 1. The molecule has 0 N–H and O–H groups in total. The maximum absolute atomic E-state index is 13.2. The van der Waals surface area contributed by atoms with Crippen LogP contribution in [0.3, 0.4) is 0 Å². The molecule has 2 amide bonds. The first kappa shape index (κ1) is 23.4. The highest BCUT2D eigenvalue weighted by Crippen LogP contribution is 2.17. The first-order valence-corrected chi connectivity index (χ1v) is 11.2.